The summed E-state index contributed by atoms with van der Waals surface area (Å²) in [6, 6.07) is 4.25. The predicted molar refractivity (Wildman–Crippen MR) is 147 cm³/mol. The molecular weight excluding hydrogens is 552 g/mol. The fourth-order valence-corrected chi connectivity index (χ4v) is 3.71. The van der Waals surface area contributed by atoms with E-state index >= 15 is 0 Å². The van der Waals surface area contributed by atoms with E-state index < -0.39 is 52.6 Å². The molecule has 6 nitrogen and oxygen atoms in total. The summed E-state index contributed by atoms with van der Waals surface area (Å²) in [7, 11) is 1.31. The van der Waals surface area contributed by atoms with E-state index in [1.165, 1.54) is 24.7 Å². The lowest BCUT2D eigenvalue weighted by Gasteiger charge is -2.27. The molecule has 41 heavy (non-hydrogen) atoms. The normalized spacial score (nSPS) is 14.9. The third-order valence-corrected chi connectivity index (χ3v) is 6.11. The minimum absolute atomic E-state index is 0.229. The van der Waals surface area contributed by atoms with Gasteiger partial charge in [-0.25, -0.2) is 13.2 Å². The Morgan fingerprint density at radius 2 is 1.71 bits per heavy atom. The molecule has 1 heterocycles. The van der Waals surface area contributed by atoms with E-state index in [2.05, 4.69) is 19.2 Å². The number of nitrogens with one attached hydrogen (secondary N) is 2. The number of benzene rings is 2. The Morgan fingerprint density at radius 1 is 1.10 bits per heavy atom. The van der Waals surface area contributed by atoms with Crippen molar-refractivity contribution in [3.8, 4) is 5.75 Å². The SMILES string of the molecule is CC.CC/C(C)=C1\CCCCN1C=O.CNc1cc(OC(C)C(F)(F)F)c(C(=O)Nc2c(F)cccc2F)cc1F. The van der Waals surface area contributed by atoms with Crippen molar-refractivity contribution in [2.75, 3.05) is 24.2 Å². The first-order valence-corrected chi connectivity index (χ1v) is 13.2. The van der Waals surface area contributed by atoms with Gasteiger partial charge in [0.2, 0.25) is 6.41 Å². The average molecular weight is 590 g/mol. The number of hydrogen-bond donors (Lipinski definition) is 2. The number of nitrogens with zero attached hydrogens (tertiary/aromatic N) is 1. The molecule has 1 atom stereocenters. The van der Waals surface area contributed by atoms with Crippen LogP contribution in [-0.2, 0) is 4.79 Å². The van der Waals surface area contributed by atoms with E-state index in [-0.39, 0.29) is 5.69 Å². The number of ether oxygens (including phenoxy) is 1. The van der Waals surface area contributed by atoms with Gasteiger partial charge in [0.25, 0.3) is 5.91 Å². The molecular formula is C29H37F6N3O3. The maximum absolute atomic E-state index is 14.0. The molecule has 0 aromatic heterocycles. The molecule has 1 unspecified atom stereocenters. The number of carbonyl (C=O) groups excluding carboxylic acids is 2. The predicted octanol–water partition coefficient (Wildman–Crippen LogP) is 8.07. The second-order valence-corrected chi connectivity index (χ2v) is 8.77. The van der Waals surface area contributed by atoms with Crippen molar-refractivity contribution < 1.29 is 40.7 Å². The first kappa shape index (κ1) is 35.3. The third-order valence-electron chi connectivity index (χ3n) is 6.11. The van der Waals surface area contributed by atoms with Crippen molar-refractivity contribution in [3.63, 3.8) is 0 Å². The number of anilines is 2. The van der Waals surface area contributed by atoms with Crippen molar-refractivity contribution in [3.05, 3.63) is 64.6 Å². The highest BCUT2D eigenvalue weighted by atomic mass is 19.4. The first-order chi connectivity index (χ1) is 19.3. The van der Waals surface area contributed by atoms with Crippen LogP contribution in [0.3, 0.4) is 0 Å². The molecule has 2 aromatic rings. The Labute approximate surface area is 236 Å². The molecule has 3 rings (SSSR count). The van der Waals surface area contributed by atoms with Gasteiger partial charge in [0.1, 0.15) is 28.9 Å². The molecule has 0 bridgehead atoms. The highest BCUT2D eigenvalue weighted by molar-refractivity contribution is 6.06. The van der Waals surface area contributed by atoms with Crippen LogP contribution in [0.25, 0.3) is 0 Å². The van der Waals surface area contributed by atoms with Gasteiger partial charge in [0.15, 0.2) is 6.10 Å². The number of likely N-dealkylation sites (tertiary alicyclic amines) is 1. The van der Waals surface area contributed by atoms with Gasteiger partial charge in [-0.1, -0.05) is 32.4 Å². The highest BCUT2D eigenvalue weighted by Gasteiger charge is 2.39. The summed E-state index contributed by atoms with van der Waals surface area (Å²) in [6.45, 7) is 9.87. The quantitative estimate of drug-likeness (QED) is 0.253. The molecule has 0 aliphatic carbocycles. The zero-order valence-electron chi connectivity index (χ0n) is 24.0. The smallest absolute Gasteiger partial charge is 0.425 e. The standard InChI is InChI=1S/C17H14F6N2O2.C10H17NO.C2H6/c1-8(17(21,22)23)27-14-7-13(24-2)12(20)6-9(14)16(26)25-15-10(18)4-3-5-11(15)19;1-3-9(2)10-6-4-5-7-11(10)8-12;1-2/h3-8,24H,1-2H3,(H,25,26);8H,3-7H2,1-2H3;1-2H3/b;10-9+;. The number of amides is 2. The fourth-order valence-electron chi connectivity index (χ4n) is 3.71. The Hall–Kier alpha value is -3.70. The Bertz CT molecular complexity index is 1180. The molecule has 2 amide bonds. The second kappa shape index (κ2) is 16.5. The lowest BCUT2D eigenvalue weighted by Crippen LogP contribution is -2.32. The fraction of sp³-hybridized carbons (Fsp3) is 0.448. The molecule has 1 aliphatic heterocycles. The summed E-state index contributed by atoms with van der Waals surface area (Å²) in [4.78, 5) is 24.9. The van der Waals surface area contributed by atoms with Crippen molar-refractivity contribution >= 4 is 23.7 Å². The molecule has 0 radical (unpaired) electrons. The van der Waals surface area contributed by atoms with Crippen LogP contribution in [0.15, 0.2) is 41.6 Å². The molecule has 2 N–H and O–H groups in total. The van der Waals surface area contributed by atoms with Gasteiger partial charge in [-0.15, -0.1) is 0 Å². The minimum Gasteiger partial charge on any atom is -0.480 e. The average Bonchev–Trinajstić information content (AvgIpc) is 2.96. The monoisotopic (exact) mass is 589 g/mol. The van der Waals surface area contributed by atoms with Crippen LogP contribution >= 0.6 is 0 Å². The van der Waals surface area contributed by atoms with E-state index in [0.717, 1.165) is 56.5 Å². The number of piperidine rings is 1. The lowest BCUT2D eigenvalue weighted by molar-refractivity contribution is -0.189. The molecule has 1 saturated heterocycles. The zero-order valence-corrected chi connectivity index (χ0v) is 24.0. The number of rotatable bonds is 7. The first-order valence-electron chi connectivity index (χ1n) is 13.2. The summed E-state index contributed by atoms with van der Waals surface area (Å²) in [5.41, 5.74) is 0.911. The molecule has 1 aliphatic rings. The molecule has 0 spiro atoms. The molecule has 1 fully saturated rings. The van der Waals surface area contributed by atoms with Gasteiger partial charge >= 0.3 is 6.18 Å². The number of allylic oxidation sites excluding steroid dienone is 2. The number of halogens is 6. The lowest BCUT2D eigenvalue weighted by atomic mass is 10.0. The summed E-state index contributed by atoms with van der Waals surface area (Å²) in [6.07, 6.45) is -1.58. The molecule has 228 valence electrons. The van der Waals surface area contributed by atoms with E-state index in [1.54, 1.807) is 0 Å². The van der Waals surface area contributed by atoms with Crippen LogP contribution in [0.4, 0.5) is 37.7 Å². The summed E-state index contributed by atoms with van der Waals surface area (Å²) < 4.78 is 84.4. The van der Waals surface area contributed by atoms with Gasteiger partial charge in [-0.3, -0.25) is 9.59 Å². The van der Waals surface area contributed by atoms with Crippen LogP contribution in [0, 0.1) is 17.5 Å². The topological polar surface area (TPSA) is 70.7 Å². The number of alkyl halides is 3. The Kier molecular flexibility index (Phi) is 14.2. The summed E-state index contributed by atoms with van der Waals surface area (Å²) in [5, 5.41) is 4.27. The highest BCUT2D eigenvalue weighted by Crippen LogP contribution is 2.32. The van der Waals surface area contributed by atoms with Crippen LogP contribution in [-0.4, -0.2) is 43.1 Å². The van der Waals surface area contributed by atoms with E-state index in [9.17, 15) is 35.9 Å². The number of hydrogen-bond acceptors (Lipinski definition) is 4. The maximum atomic E-state index is 14.0. The Morgan fingerprint density at radius 3 is 2.22 bits per heavy atom. The number of carbonyl (C=O) groups is 2. The van der Waals surface area contributed by atoms with Crippen molar-refractivity contribution in [2.45, 2.75) is 72.6 Å². The van der Waals surface area contributed by atoms with Crippen molar-refractivity contribution in [1.29, 1.82) is 0 Å². The van der Waals surface area contributed by atoms with Crippen LogP contribution in [0.5, 0.6) is 5.75 Å². The second-order valence-electron chi connectivity index (χ2n) is 8.77. The van der Waals surface area contributed by atoms with Crippen LogP contribution in [0.2, 0.25) is 0 Å². The third kappa shape index (κ3) is 10.0. The number of para-hydroxylation sites is 1. The molecule has 12 heteroatoms. The van der Waals surface area contributed by atoms with E-state index in [0.29, 0.717) is 13.0 Å². The van der Waals surface area contributed by atoms with Gasteiger partial charge in [-0.2, -0.15) is 13.2 Å². The molecule has 0 saturated carbocycles. The van der Waals surface area contributed by atoms with E-state index in [4.69, 9.17) is 4.74 Å². The molecule has 2 aromatic carbocycles. The van der Waals surface area contributed by atoms with Crippen LogP contribution in [0.1, 0.15) is 70.7 Å². The van der Waals surface area contributed by atoms with Gasteiger partial charge in [-0.05, 0) is 57.7 Å². The summed E-state index contributed by atoms with van der Waals surface area (Å²) >= 11 is 0. The largest absolute Gasteiger partial charge is 0.480 e. The summed E-state index contributed by atoms with van der Waals surface area (Å²) in [5.74, 6) is -5.04. The minimum atomic E-state index is -4.75. The van der Waals surface area contributed by atoms with Crippen molar-refractivity contribution in [2.24, 2.45) is 0 Å². The van der Waals surface area contributed by atoms with Crippen molar-refractivity contribution in [1.82, 2.24) is 4.90 Å². The Balaban J connectivity index is 0.000000500. The maximum Gasteiger partial charge on any atom is 0.425 e. The van der Waals surface area contributed by atoms with Gasteiger partial charge < -0.3 is 20.3 Å². The van der Waals surface area contributed by atoms with Gasteiger partial charge in [0, 0.05) is 25.4 Å². The van der Waals surface area contributed by atoms with Crippen LogP contribution < -0.4 is 15.4 Å². The van der Waals surface area contributed by atoms with E-state index in [1.807, 2.05) is 24.1 Å². The van der Waals surface area contributed by atoms with Gasteiger partial charge in [0.05, 0.1) is 11.3 Å². The zero-order chi connectivity index (χ0) is 31.3.